The number of amides is 1. The summed E-state index contributed by atoms with van der Waals surface area (Å²) >= 11 is 1.17. The van der Waals surface area contributed by atoms with Crippen LogP contribution in [0.25, 0.3) is 0 Å². The number of primary amides is 1. The Balaban J connectivity index is 1.94. The summed E-state index contributed by atoms with van der Waals surface area (Å²) in [6.07, 6.45) is 2.14. The van der Waals surface area contributed by atoms with Crippen molar-refractivity contribution in [2.45, 2.75) is 24.1 Å². The van der Waals surface area contributed by atoms with E-state index in [0.29, 0.717) is 11.1 Å². The Morgan fingerprint density at radius 3 is 3.20 bits per heavy atom. The number of nitrogens with one attached hydrogen (secondary N) is 1. The Morgan fingerprint density at radius 2 is 2.53 bits per heavy atom. The van der Waals surface area contributed by atoms with Crippen LogP contribution in [0.3, 0.4) is 0 Å². The number of hydrogen-bond acceptors (Lipinski definition) is 6. The van der Waals surface area contributed by atoms with Gasteiger partial charge in [-0.15, -0.1) is 10.2 Å². The molecular weight excluding hydrogens is 216 g/mol. The molecule has 0 spiro atoms. The third kappa shape index (κ3) is 2.69. The number of carbonyl (C=O) groups is 1. The molecule has 6 nitrogen and oxygen atoms in total. The van der Waals surface area contributed by atoms with Gasteiger partial charge in [0.2, 0.25) is 11.8 Å². The molecule has 15 heavy (non-hydrogen) atoms. The molecule has 1 amide bonds. The molecule has 1 aromatic rings. The van der Waals surface area contributed by atoms with E-state index in [2.05, 4.69) is 15.5 Å². The molecule has 82 valence electrons. The van der Waals surface area contributed by atoms with Gasteiger partial charge in [0.25, 0.3) is 5.22 Å². The lowest BCUT2D eigenvalue weighted by molar-refractivity contribution is -0.115. The van der Waals surface area contributed by atoms with Crippen LogP contribution in [0.2, 0.25) is 0 Å². The summed E-state index contributed by atoms with van der Waals surface area (Å²) in [5.74, 6) is 0.373. The van der Waals surface area contributed by atoms with Crippen LogP contribution in [0, 0.1) is 0 Å². The lowest BCUT2D eigenvalue weighted by atomic mass is 10.2. The Hall–Kier alpha value is -1.08. The van der Waals surface area contributed by atoms with Crippen molar-refractivity contribution >= 4 is 17.7 Å². The van der Waals surface area contributed by atoms with E-state index in [4.69, 9.17) is 10.2 Å². The maximum Gasteiger partial charge on any atom is 0.277 e. The Kier molecular flexibility index (Phi) is 3.22. The smallest absolute Gasteiger partial charge is 0.277 e. The van der Waals surface area contributed by atoms with Crippen LogP contribution in [-0.4, -0.2) is 28.4 Å². The van der Waals surface area contributed by atoms with Gasteiger partial charge in [-0.25, -0.2) is 0 Å². The summed E-state index contributed by atoms with van der Waals surface area (Å²) in [5.41, 5.74) is 5.01. The van der Waals surface area contributed by atoms with Gasteiger partial charge in [0.1, 0.15) is 0 Å². The van der Waals surface area contributed by atoms with Crippen LogP contribution in [0.1, 0.15) is 24.8 Å². The van der Waals surface area contributed by atoms with E-state index >= 15 is 0 Å². The maximum atomic E-state index is 10.5. The lowest BCUT2D eigenvalue weighted by Crippen LogP contribution is -2.13. The first kappa shape index (κ1) is 10.4. The van der Waals surface area contributed by atoms with Gasteiger partial charge in [-0.2, -0.15) is 0 Å². The molecule has 0 aliphatic carbocycles. The van der Waals surface area contributed by atoms with E-state index in [9.17, 15) is 4.79 Å². The number of hydrogen-bond donors (Lipinski definition) is 2. The van der Waals surface area contributed by atoms with Gasteiger partial charge in [-0.1, -0.05) is 11.8 Å². The first-order valence-corrected chi connectivity index (χ1v) is 5.72. The van der Waals surface area contributed by atoms with Crippen LogP contribution in [0.5, 0.6) is 0 Å². The zero-order valence-electron chi connectivity index (χ0n) is 8.10. The topological polar surface area (TPSA) is 94.0 Å². The van der Waals surface area contributed by atoms with E-state index in [1.54, 1.807) is 0 Å². The van der Waals surface area contributed by atoms with E-state index in [1.807, 2.05) is 0 Å². The Labute approximate surface area is 91.0 Å². The summed E-state index contributed by atoms with van der Waals surface area (Å²) in [5, 5.41) is 11.4. The highest BCUT2D eigenvalue weighted by Crippen LogP contribution is 2.24. The maximum absolute atomic E-state index is 10.5. The highest BCUT2D eigenvalue weighted by molar-refractivity contribution is 7.99. The quantitative estimate of drug-likeness (QED) is 0.708. The third-order valence-electron chi connectivity index (χ3n) is 2.12. The van der Waals surface area contributed by atoms with E-state index in [1.165, 1.54) is 11.8 Å². The van der Waals surface area contributed by atoms with Crippen LogP contribution in [0.15, 0.2) is 9.64 Å². The Bertz CT molecular complexity index is 348. The van der Waals surface area contributed by atoms with Crippen molar-refractivity contribution in [2.24, 2.45) is 5.73 Å². The number of carbonyl (C=O) groups excluding carboxylic acids is 1. The average Bonchev–Trinajstić information content (AvgIpc) is 2.85. The van der Waals surface area contributed by atoms with Gasteiger partial charge in [-0.05, 0) is 19.4 Å². The number of nitrogens with zero attached hydrogens (tertiary/aromatic N) is 2. The zero-order valence-corrected chi connectivity index (χ0v) is 8.92. The van der Waals surface area contributed by atoms with Gasteiger partial charge in [0.15, 0.2) is 0 Å². The summed E-state index contributed by atoms with van der Waals surface area (Å²) in [6.45, 7) is 0.983. The molecule has 1 aliphatic heterocycles. The monoisotopic (exact) mass is 228 g/mol. The van der Waals surface area contributed by atoms with Crippen molar-refractivity contribution in [3.63, 3.8) is 0 Å². The molecule has 1 fully saturated rings. The van der Waals surface area contributed by atoms with Crippen molar-refractivity contribution in [1.82, 2.24) is 15.5 Å². The first-order valence-electron chi connectivity index (χ1n) is 4.73. The SMILES string of the molecule is NC(=O)CSc1nnc([C@@H]2CCCN2)o1. The molecule has 0 aromatic carbocycles. The molecule has 2 rings (SSSR count). The highest BCUT2D eigenvalue weighted by Gasteiger charge is 2.22. The van der Waals surface area contributed by atoms with E-state index in [-0.39, 0.29) is 11.8 Å². The molecule has 7 heteroatoms. The van der Waals surface area contributed by atoms with Crippen molar-refractivity contribution in [2.75, 3.05) is 12.3 Å². The minimum Gasteiger partial charge on any atom is -0.414 e. The van der Waals surface area contributed by atoms with Gasteiger partial charge in [0.05, 0.1) is 11.8 Å². The summed E-state index contributed by atoms with van der Waals surface area (Å²) < 4.78 is 5.39. The summed E-state index contributed by atoms with van der Waals surface area (Å²) in [7, 11) is 0. The van der Waals surface area contributed by atoms with Crippen molar-refractivity contribution in [1.29, 1.82) is 0 Å². The van der Waals surface area contributed by atoms with E-state index < -0.39 is 5.91 Å². The van der Waals surface area contributed by atoms with Crippen molar-refractivity contribution in [3.05, 3.63) is 5.89 Å². The van der Waals surface area contributed by atoms with Crippen molar-refractivity contribution < 1.29 is 9.21 Å². The minimum absolute atomic E-state index is 0.166. The second kappa shape index (κ2) is 4.63. The second-order valence-electron chi connectivity index (χ2n) is 3.31. The molecule has 1 atom stereocenters. The molecule has 0 radical (unpaired) electrons. The number of aromatic nitrogens is 2. The van der Waals surface area contributed by atoms with Gasteiger partial charge in [0, 0.05) is 0 Å². The molecule has 0 saturated carbocycles. The highest BCUT2D eigenvalue weighted by atomic mass is 32.2. The van der Waals surface area contributed by atoms with Gasteiger partial charge < -0.3 is 15.5 Å². The van der Waals surface area contributed by atoms with Crippen LogP contribution in [0.4, 0.5) is 0 Å². The predicted octanol–water partition coefficient (Wildman–Crippen LogP) is 0.0715. The molecule has 1 aliphatic rings. The first-order chi connectivity index (χ1) is 7.25. The summed E-state index contributed by atoms with van der Waals surface area (Å²) in [6, 6.07) is 0.167. The summed E-state index contributed by atoms with van der Waals surface area (Å²) in [4.78, 5) is 10.5. The fourth-order valence-corrected chi connectivity index (χ4v) is 1.96. The van der Waals surface area contributed by atoms with E-state index in [0.717, 1.165) is 19.4 Å². The normalized spacial score (nSPS) is 20.7. The molecular formula is C8H12N4O2S. The number of nitrogens with two attached hydrogens (primary N) is 1. The molecule has 0 bridgehead atoms. The molecule has 2 heterocycles. The lowest BCUT2D eigenvalue weighted by Gasteiger charge is -2.01. The predicted molar refractivity (Wildman–Crippen MR) is 54.2 cm³/mol. The largest absolute Gasteiger partial charge is 0.414 e. The molecule has 0 unspecified atom stereocenters. The Morgan fingerprint density at radius 1 is 1.67 bits per heavy atom. The molecule has 1 saturated heterocycles. The fraction of sp³-hybridized carbons (Fsp3) is 0.625. The third-order valence-corrected chi connectivity index (χ3v) is 2.96. The van der Waals surface area contributed by atoms with Gasteiger partial charge >= 0.3 is 0 Å². The standard InChI is InChI=1S/C8H12N4O2S/c9-6(13)4-15-8-12-11-7(14-8)5-2-1-3-10-5/h5,10H,1-4H2,(H2,9,13)/t5-/m0/s1. The van der Waals surface area contributed by atoms with Crippen LogP contribution in [-0.2, 0) is 4.79 Å². The second-order valence-corrected chi connectivity index (χ2v) is 4.24. The van der Waals surface area contributed by atoms with Crippen LogP contribution >= 0.6 is 11.8 Å². The number of rotatable bonds is 4. The number of thioether (sulfide) groups is 1. The average molecular weight is 228 g/mol. The van der Waals surface area contributed by atoms with Crippen LogP contribution < -0.4 is 11.1 Å². The molecule has 3 N–H and O–H groups in total. The fourth-order valence-electron chi connectivity index (χ4n) is 1.45. The molecule has 1 aromatic heterocycles. The van der Waals surface area contributed by atoms with Crippen molar-refractivity contribution in [3.8, 4) is 0 Å². The minimum atomic E-state index is -0.390. The van der Waals surface area contributed by atoms with Gasteiger partial charge in [-0.3, -0.25) is 4.79 Å². The zero-order chi connectivity index (χ0) is 10.7.